The lowest BCUT2D eigenvalue weighted by atomic mass is 10.1. The van der Waals surface area contributed by atoms with Gasteiger partial charge in [0.25, 0.3) is 0 Å². The maximum Gasteiger partial charge on any atom is 0.306 e. The van der Waals surface area contributed by atoms with Crippen molar-refractivity contribution in [3.8, 4) is 0 Å². The van der Waals surface area contributed by atoms with Crippen molar-refractivity contribution in [1.82, 2.24) is 0 Å². The Bertz CT molecular complexity index is 1610. The number of esters is 3. The Morgan fingerprint density at radius 1 is 0.292 bits per heavy atom. The largest absolute Gasteiger partial charge is 0.462 e. The van der Waals surface area contributed by atoms with Crippen molar-refractivity contribution in [2.75, 3.05) is 13.2 Å². The monoisotopic (exact) mass is 993 g/mol. The van der Waals surface area contributed by atoms with Gasteiger partial charge in [0.1, 0.15) is 13.2 Å². The first-order valence-corrected chi connectivity index (χ1v) is 28.8. The quantitative estimate of drug-likeness (QED) is 0.0261. The normalized spacial score (nSPS) is 13.2. The fraction of sp³-hybridized carbons (Fsp3) is 0.591. The molecule has 0 aliphatic rings. The molecule has 0 bridgehead atoms. The van der Waals surface area contributed by atoms with Gasteiger partial charge in [-0.25, -0.2) is 0 Å². The molecular weight excluding hydrogens is 889 g/mol. The zero-order valence-corrected chi connectivity index (χ0v) is 46.1. The molecule has 1 atom stereocenters. The Hall–Kier alpha value is -4.71. The van der Waals surface area contributed by atoms with Crippen LogP contribution in [-0.2, 0) is 28.6 Å². The second kappa shape index (κ2) is 58.9. The van der Waals surface area contributed by atoms with Crippen LogP contribution in [0.15, 0.2) is 146 Å². The third-order valence-corrected chi connectivity index (χ3v) is 11.6. The number of unbranched alkanes of at least 4 members (excludes halogenated alkanes) is 15. The summed E-state index contributed by atoms with van der Waals surface area (Å²) in [6, 6.07) is 0. The molecule has 0 spiro atoms. The average molecular weight is 994 g/mol. The van der Waals surface area contributed by atoms with E-state index in [1.165, 1.54) is 44.9 Å². The highest BCUT2D eigenvalue weighted by atomic mass is 16.6. The van der Waals surface area contributed by atoms with Crippen molar-refractivity contribution in [3.05, 3.63) is 146 Å². The predicted octanol–water partition coefficient (Wildman–Crippen LogP) is 19.6. The van der Waals surface area contributed by atoms with Gasteiger partial charge in [0.05, 0.1) is 0 Å². The molecule has 0 aromatic rings. The van der Waals surface area contributed by atoms with E-state index >= 15 is 0 Å². The van der Waals surface area contributed by atoms with E-state index in [-0.39, 0.29) is 37.5 Å². The lowest BCUT2D eigenvalue weighted by Crippen LogP contribution is -2.30. The van der Waals surface area contributed by atoms with E-state index in [1.807, 2.05) is 0 Å². The van der Waals surface area contributed by atoms with Gasteiger partial charge >= 0.3 is 17.9 Å². The standard InChI is InChI=1S/C66H104O6/c1-4-7-10-13-16-19-22-25-28-29-30-31-32-33-34-35-36-37-39-41-44-47-50-53-56-59-65(68)71-62-63(61-70-64(67)58-55-52-49-46-43-40-27-24-21-18-15-12-9-6-3)72-66(69)60-57-54-51-48-45-42-38-26-23-20-17-14-11-8-5-2/h7-8,10-11,16-17,19-20,24-28,30-31,33-34,36-38,41,44-45,48,63H,4-6,9,12-15,18,21-23,29,32,35,39-40,42-43,46-47,49-62H2,1-3H3/b10-7-,11-8-,19-16-,20-17-,27-24-,28-25-,31-30-,34-33-,37-36-,38-26-,44-41-,48-45-. The first-order valence-electron chi connectivity index (χ1n) is 28.8. The molecule has 0 rings (SSSR count). The second-order valence-corrected chi connectivity index (χ2v) is 18.4. The number of carbonyl (C=O) groups excluding carboxylic acids is 3. The van der Waals surface area contributed by atoms with Crippen molar-refractivity contribution in [3.63, 3.8) is 0 Å². The molecule has 0 aliphatic carbocycles. The third kappa shape index (κ3) is 56.2. The fourth-order valence-corrected chi connectivity index (χ4v) is 7.29. The summed E-state index contributed by atoms with van der Waals surface area (Å²) in [4.78, 5) is 38.1. The molecular formula is C66H104O6. The summed E-state index contributed by atoms with van der Waals surface area (Å²) in [5, 5.41) is 0. The fourth-order valence-electron chi connectivity index (χ4n) is 7.29. The van der Waals surface area contributed by atoms with Gasteiger partial charge < -0.3 is 14.2 Å². The van der Waals surface area contributed by atoms with E-state index in [4.69, 9.17) is 14.2 Å². The summed E-state index contributed by atoms with van der Waals surface area (Å²) in [6.45, 7) is 6.32. The zero-order chi connectivity index (χ0) is 52.2. The van der Waals surface area contributed by atoms with Crippen LogP contribution in [0.4, 0.5) is 0 Å². The molecule has 404 valence electrons. The zero-order valence-electron chi connectivity index (χ0n) is 46.1. The number of ether oxygens (including phenoxy) is 3. The highest BCUT2D eigenvalue weighted by Gasteiger charge is 2.19. The molecule has 0 aliphatic heterocycles. The lowest BCUT2D eigenvalue weighted by molar-refractivity contribution is -0.167. The summed E-state index contributed by atoms with van der Waals surface area (Å²) in [5.74, 6) is -1.01. The van der Waals surface area contributed by atoms with Crippen LogP contribution in [0, 0.1) is 0 Å². The van der Waals surface area contributed by atoms with Crippen molar-refractivity contribution in [1.29, 1.82) is 0 Å². The van der Waals surface area contributed by atoms with Gasteiger partial charge in [-0.1, -0.05) is 218 Å². The average Bonchev–Trinajstić information content (AvgIpc) is 3.38. The van der Waals surface area contributed by atoms with Crippen LogP contribution in [0.5, 0.6) is 0 Å². The van der Waals surface area contributed by atoms with E-state index < -0.39 is 6.10 Å². The van der Waals surface area contributed by atoms with Gasteiger partial charge in [0, 0.05) is 19.3 Å². The van der Waals surface area contributed by atoms with Crippen molar-refractivity contribution in [2.24, 2.45) is 0 Å². The molecule has 0 aromatic heterocycles. The Balaban J connectivity index is 4.50. The van der Waals surface area contributed by atoms with Gasteiger partial charge in [-0.05, 0) is 141 Å². The lowest BCUT2D eigenvalue weighted by Gasteiger charge is -2.18. The van der Waals surface area contributed by atoms with Crippen LogP contribution < -0.4 is 0 Å². The Labute approximate surface area is 442 Å². The molecule has 1 unspecified atom stereocenters. The summed E-state index contributed by atoms with van der Waals surface area (Å²) in [5.41, 5.74) is 0. The molecule has 0 amide bonds. The topological polar surface area (TPSA) is 78.9 Å². The maximum atomic E-state index is 12.8. The summed E-state index contributed by atoms with van der Waals surface area (Å²) >= 11 is 0. The van der Waals surface area contributed by atoms with Gasteiger partial charge in [0.2, 0.25) is 0 Å². The van der Waals surface area contributed by atoms with Gasteiger partial charge in [-0.2, -0.15) is 0 Å². The molecule has 0 heterocycles. The molecule has 72 heavy (non-hydrogen) atoms. The molecule has 6 nitrogen and oxygen atoms in total. The van der Waals surface area contributed by atoms with Crippen LogP contribution >= 0.6 is 0 Å². The van der Waals surface area contributed by atoms with E-state index in [9.17, 15) is 14.4 Å². The number of carbonyl (C=O) groups is 3. The molecule has 0 radical (unpaired) electrons. The second-order valence-electron chi connectivity index (χ2n) is 18.4. The van der Waals surface area contributed by atoms with Crippen LogP contribution in [0.25, 0.3) is 0 Å². The van der Waals surface area contributed by atoms with Gasteiger partial charge in [-0.15, -0.1) is 0 Å². The van der Waals surface area contributed by atoms with Gasteiger partial charge in [0.15, 0.2) is 6.10 Å². The van der Waals surface area contributed by atoms with Crippen molar-refractivity contribution < 1.29 is 28.6 Å². The Kier molecular flexibility index (Phi) is 55.0. The minimum absolute atomic E-state index is 0.115. The van der Waals surface area contributed by atoms with Gasteiger partial charge in [-0.3, -0.25) is 14.4 Å². The summed E-state index contributed by atoms with van der Waals surface area (Å²) in [6.07, 6.45) is 84.1. The first-order chi connectivity index (χ1) is 35.5. The van der Waals surface area contributed by atoms with E-state index in [2.05, 4.69) is 167 Å². The predicted molar refractivity (Wildman–Crippen MR) is 311 cm³/mol. The Morgan fingerprint density at radius 3 is 0.903 bits per heavy atom. The summed E-state index contributed by atoms with van der Waals surface area (Å²) in [7, 11) is 0. The minimum atomic E-state index is -0.824. The van der Waals surface area contributed by atoms with Crippen molar-refractivity contribution >= 4 is 17.9 Å². The molecule has 6 heteroatoms. The number of hydrogen-bond donors (Lipinski definition) is 0. The van der Waals surface area contributed by atoms with E-state index in [0.29, 0.717) is 19.3 Å². The van der Waals surface area contributed by atoms with E-state index in [1.54, 1.807) is 0 Å². The number of rotatable bonds is 50. The highest BCUT2D eigenvalue weighted by molar-refractivity contribution is 5.71. The van der Waals surface area contributed by atoms with Crippen LogP contribution in [0.2, 0.25) is 0 Å². The first kappa shape index (κ1) is 67.3. The molecule has 0 saturated heterocycles. The number of hydrogen-bond acceptors (Lipinski definition) is 6. The Morgan fingerprint density at radius 2 is 0.542 bits per heavy atom. The molecule has 0 N–H and O–H groups in total. The van der Waals surface area contributed by atoms with E-state index in [0.717, 1.165) is 141 Å². The SMILES string of the molecule is CC/C=C\C/C=C\C/C=C\C/C=C\C/C=C\C/C=C\C/C=C\CCCCCC(=O)OCC(COC(=O)CCCCCCC/C=C\CCCCCCC)OC(=O)CCCC/C=C\C/C=C\C/C=C\C/C=C\CC. The summed E-state index contributed by atoms with van der Waals surface area (Å²) < 4.78 is 16.8. The molecule has 0 saturated carbocycles. The van der Waals surface area contributed by atoms with Crippen LogP contribution in [-0.4, -0.2) is 37.2 Å². The van der Waals surface area contributed by atoms with Crippen LogP contribution in [0.3, 0.4) is 0 Å². The highest BCUT2D eigenvalue weighted by Crippen LogP contribution is 2.12. The molecule has 0 aromatic carbocycles. The maximum absolute atomic E-state index is 12.8. The van der Waals surface area contributed by atoms with Crippen molar-refractivity contribution in [2.45, 2.75) is 239 Å². The number of allylic oxidation sites excluding steroid dienone is 24. The van der Waals surface area contributed by atoms with Crippen LogP contribution in [0.1, 0.15) is 233 Å². The molecule has 0 fully saturated rings. The smallest absolute Gasteiger partial charge is 0.306 e. The minimum Gasteiger partial charge on any atom is -0.462 e. The third-order valence-electron chi connectivity index (χ3n) is 11.6.